The van der Waals surface area contributed by atoms with Gasteiger partial charge < -0.3 is 10.2 Å². The smallest absolute Gasteiger partial charge is 0.255 e. The molecule has 2 aromatic carbocycles. The van der Waals surface area contributed by atoms with E-state index in [4.69, 9.17) is 0 Å². The van der Waals surface area contributed by atoms with Crippen LogP contribution in [-0.4, -0.2) is 18.9 Å². The van der Waals surface area contributed by atoms with Crippen LogP contribution >= 0.6 is 15.9 Å². The first-order chi connectivity index (χ1) is 10.4. The average molecular weight is 361 g/mol. The molecule has 0 fully saturated rings. The predicted molar refractivity (Wildman–Crippen MR) is 92.4 cm³/mol. The SMILES string of the molecule is CC(=O)N(C)c1cccc(NC(=O)c2ccc(C)c(Br)c2)c1. The molecule has 0 aromatic heterocycles. The van der Waals surface area contributed by atoms with Gasteiger partial charge in [0.05, 0.1) is 0 Å². The van der Waals surface area contributed by atoms with Crippen LogP contribution in [0.15, 0.2) is 46.9 Å². The minimum absolute atomic E-state index is 0.0639. The predicted octanol–water partition coefficient (Wildman–Crippen LogP) is 3.99. The zero-order valence-corrected chi connectivity index (χ0v) is 14.3. The van der Waals surface area contributed by atoms with Gasteiger partial charge in [0, 0.05) is 35.4 Å². The molecule has 4 nitrogen and oxygen atoms in total. The van der Waals surface area contributed by atoms with E-state index in [9.17, 15) is 9.59 Å². The highest BCUT2D eigenvalue weighted by atomic mass is 79.9. The highest BCUT2D eigenvalue weighted by molar-refractivity contribution is 9.10. The van der Waals surface area contributed by atoms with E-state index in [2.05, 4.69) is 21.2 Å². The number of hydrogen-bond acceptors (Lipinski definition) is 2. The second-order valence-electron chi connectivity index (χ2n) is 5.05. The maximum Gasteiger partial charge on any atom is 0.255 e. The lowest BCUT2D eigenvalue weighted by Gasteiger charge is -2.16. The highest BCUT2D eigenvalue weighted by Gasteiger charge is 2.10. The van der Waals surface area contributed by atoms with Gasteiger partial charge in [-0.15, -0.1) is 0 Å². The molecule has 0 aliphatic heterocycles. The summed E-state index contributed by atoms with van der Waals surface area (Å²) in [5.41, 5.74) is 3.02. The number of halogens is 1. The number of carbonyl (C=O) groups is 2. The fourth-order valence-corrected chi connectivity index (χ4v) is 2.29. The fourth-order valence-electron chi connectivity index (χ4n) is 1.91. The van der Waals surface area contributed by atoms with E-state index < -0.39 is 0 Å². The molecule has 0 saturated heterocycles. The van der Waals surface area contributed by atoms with Crippen LogP contribution in [-0.2, 0) is 4.79 Å². The van der Waals surface area contributed by atoms with Crippen molar-refractivity contribution in [2.24, 2.45) is 0 Å². The molecule has 0 saturated carbocycles. The van der Waals surface area contributed by atoms with E-state index in [-0.39, 0.29) is 11.8 Å². The number of carbonyl (C=O) groups excluding carboxylic acids is 2. The summed E-state index contributed by atoms with van der Waals surface area (Å²) in [5.74, 6) is -0.255. The van der Waals surface area contributed by atoms with E-state index in [1.54, 1.807) is 37.4 Å². The van der Waals surface area contributed by atoms with Crippen molar-refractivity contribution in [1.82, 2.24) is 0 Å². The monoisotopic (exact) mass is 360 g/mol. The summed E-state index contributed by atoms with van der Waals surface area (Å²) in [4.78, 5) is 25.2. The lowest BCUT2D eigenvalue weighted by molar-refractivity contribution is -0.116. The second kappa shape index (κ2) is 6.75. The molecule has 5 heteroatoms. The van der Waals surface area contributed by atoms with Crippen molar-refractivity contribution in [3.63, 3.8) is 0 Å². The van der Waals surface area contributed by atoms with Gasteiger partial charge in [0.25, 0.3) is 5.91 Å². The van der Waals surface area contributed by atoms with Crippen molar-refractivity contribution < 1.29 is 9.59 Å². The molecule has 0 atom stereocenters. The minimum atomic E-state index is -0.191. The summed E-state index contributed by atoms with van der Waals surface area (Å²) in [6.45, 7) is 3.46. The summed E-state index contributed by atoms with van der Waals surface area (Å²) in [7, 11) is 1.69. The van der Waals surface area contributed by atoms with Crippen molar-refractivity contribution in [2.75, 3.05) is 17.3 Å². The van der Waals surface area contributed by atoms with Gasteiger partial charge in [0.15, 0.2) is 0 Å². The van der Waals surface area contributed by atoms with Crippen LogP contribution in [0.25, 0.3) is 0 Å². The summed E-state index contributed by atoms with van der Waals surface area (Å²) >= 11 is 3.42. The van der Waals surface area contributed by atoms with Crippen LogP contribution in [0.1, 0.15) is 22.8 Å². The van der Waals surface area contributed by atoms with Crippen LogP contribution in [0, 0.1) is 6.92 Å². The van der Waals surface area contributed by atoms with Crippen LogP contribution in [0.5, 0.6) is 0 Å². The second-order valence-corrected chi connectivity index (χ2v) is 5.90. The lowest BCUT2D eigenvalue weighted by Crippen LogP contribution is -2.23. The van der Waals surface area contributed by atoms with E-state index in [0.29, 0.717) is 11.3 Å². The van der Waals surface area contributed by atoms with Gasteiger partial charge in [-0.2, -0.15) is 0 Å². The van der Waals surface area contributed by atoms with Gasteiger partial charge in [-0.05, 0) is 42.8 Å². The highest BCUT2D eigenvalue weighted by Crippen LogP contribution is 2.21. The molecule has 0 unspecified atom stereocenters. The van der Waals surface area contributed by atoms with Gasteiger partial charge in [-0.3, -0.25) is 9.59 Å². The van der Waals surface area contributed by atoms with Crippen LogP contribution < -0.4 is 10.2 Å². The number of aryl methyl sites for hydroxylation is 1. The fraction of sp³-hybridized carbons (Fsp3) is 0.176. The lowest BCUT2D eigenvalue weighted by atomic mass is 10.1. The van der Waals surface area contributed by atoms with E-state index in [1.807, 2.05) is 19.1 Å². The minimum Gasteiger partial charge on any atom is -0.322 e. The normalized spacial score (nSPS) is 10.2. The van der Waals surface area contributed by atoms with Gasteiger partial charge in [0.1, 0.15) is 0 Å². The average Bonchev–Trinajstić information content (AvgIpc) is 2.49. The van der Waals surface area contributed by atoms with E-state index >= 15 is 0 Å². The summed E-state index contributed by atoms with van der Waals surface area (Å²) in [5, 5.41) is 2.84. The summed E-state index contributed by atoms with van der Waals surface area (Å²) in [6.07, 6.45) is 0. The van der Waals surface area contributed by atoms with Crippen molar-refractivity contribution in [3.8, 4) is 0 Å². The molecule has 0 aliphatic rings. The number of hydrogen-bond donors (Lipinski definition) is 1. The molecule has 114 valence electrons. The Kier molecular flexibility index (Phi) is 4.98. The quantitative estimate of drug-likeness (QED) is 0.899. The molecule has 1 N–H and O–H groups in total. The van der Waals surface area contributed by atoms with Crippen molar-refractivity contribution in [3.05, 3.63) is 58.1 Å². The van der Waals surface area contributed by atoms with Crippen molar-refractivity contribution >= 4 is 39.1 Å². The Hall–Kier alpha value is -2.14. The molecule has 2 aromatic rings. The maximum absolute atomic E-state index is 12.3. The van der Waals surface area contributed by atoms with Gasteiger partial charge in [0.2, 0.25) is 5.91 Å². The standard InChI is InChI=1S/C17H17BrN2O2/c1-11-7-8-13(9-16(11)18)17(22)19-14-5-4-6-15(10-14)20(3)12(2)21/h4-10H,1-3H3,(H,19,22). The Balaban J connectivity index is 2.19. The van der Waals surface area contributed by atoms with Gasteiger partial charge >= 0.3 is 0 Å². The maximum atomic E-state index is 12.3. The molecule has 22 heavy (non-hydrogen) atoms. The van der Waals surface area contributed by atoms with Crippen LogP contribution in [0.4, 0.5) is 11.4 Å². The Bertz CT molecular complexity index is 728. The zero-order valence-electron chi connectivity index (χ0n) is 12.7. The van der Waals surface area contributed by atoms with Gasteiger partial charge in [-0.25, -0.2) is 0 Å². The molecule has 0 aliphatic carbocycles. The largest absolute Gasteiger partial charge is 0.322 e. The molecule has 2 amide bonds. The molecule has 0 heterocycles. The first-order valence-electron chi connectivity index (χ1n) is 6.80. The zero-order chi connectivity index (χ0) is 16.3. The number of amides is 2. The van der Waals surface area contributed by atoms with E-state index in [1.165, 1.54) is 11.8 Å². The first kappa shape index (κ1) is 16.2. The molecular weight excluding hydrogens is 344 g/mol. The molecule has 0 spiro atoms. The Morgan fingerprint density at radius 2 is 1.86 bits per heavy atom. The number of benzene rings is 2. The summed E-state index contributed by atoms with van der Waals surface area (Å²) < 4.78 is 0.894. The number of nitrogens with zero attached hydrogens (tertiary/aromatic N) is 1. The third kappa shape index (κ3) is 3.74. The third-order valence-electron chi connectivity index (χ3n) is 3.40. The Morgan fingerprint density at radius 3 is 2.50 bits per heavy atom. The Labute approximate surface area is 138 Å². The summed E-state index contributed by atoms with van der Waals surface area (Å²) in [6, 6.07) is 12.6. The van der Waals surface area contributed by atoms with Crippen molar-refractivity contribution in [1.29, 1.82) is 0 Å². The van der Waals surface area contributed by atoms with Crippen molar-refractivity contribution in [2.45, 2.75) is 13.8 Å². The third-order valence-corrected chi connectivity index (χ3v) is 4.25. The molecule has 0 bridgehead atoms. The van der Waals surface area contributed by atoms with E-state index in [0.717, 1.165) is 15.7 Å². The topological polar surface area (TPSA) is 49.4 Å². The van der Waals surface area contributed by atoms with Crippen LogP contribution in [0.3, 0.4) is 0 Å². The molecular formula is C17H17BrN2O2. The molecule has 0 radical (unpaired) electrons. The molecule has 2 rings (SSSR count). The number of rotatable bonds is 3. The number of nitrogens with one attached hydrogen (secondary N) is 1. The number of anilines is 2. The first-order valence-corrected chi connectivity index (χ1v) is 7.59. The van der Waals surface area contributed by atoms with Crippen LogP contribution in [0.2, 0.25) is 0 Å². The Morgan fingerprint density at radius 1 is 1.14 bits per heavy atom. The van der Waals surface area contributed by atoms with Gasteiger partial charge in [-0.1, -0.05) is 28.1 Å².